The van der Waals surface area contributed by atoms with E-state index in [2.05, 4.69) is 72.3 Å². The lowest BCUT2D eigenvalue weighted by Crippen LogP contribution is -2.21. The monoisotopic (exact) mass is 337 g/mol. The predicted octanol–water partition coefficient (Wildman–Crippen LogP) is 5.08. The quantitative estimate of drug-likeness (QED) is 0.802. The topological polar surface area (TPSA) is 12.0 Å². The highest BCUT2D eigenvalue weighted by atomic mass is 79.9. The molecule has 0 fully saturated rings. The van der Waals surface area contributed by atoms with Crippen molar-refractivity contribution >= 4 is 27.3 Å². The number of benzene rings is 1. The molecule has 1 N–H and O–H groups in total. The van der Waals surface area contributed by atoms with Gasteiger partial charge in [0.25, 0.3) is 0 Å². The van der Waals surface area contributed by atoms with E-state index in [4.69, 9.17) is 0 Å². The average Bonchev–Trinajstić information content (AvgIpc) is 2.75. The van der Waals surface area contributed by atoms with Gasteiger partial charge in [0, 0.05) is 14.2 Å². The molecule has 1 aromatic carbocycles. The van der Waals surface area contributed by atoms with Gasteiger partial charge < -0.3 is 5.32 Å². The summed E-state index contributed by atoms with van der Waals surface area (Å²) in [4.78, 5) is 2.71. The van der Waals surface area contributed by atoms with Crippen LogP contribution in [0.25, 0.3) is 0 Å². The molecule has 0 spiro atoms. The lowest BCUT2D eigenvalue weighted by molar-refractivity contribution is 0.638. The molecule has 0 aliphatic heterocycles. The van der Waals surface area contributed by atoms with Gasteiger partial charge in [-0.15, -0.1) is 11.3 Å². The molecule has 0 saturated heterocycles. The van der Waals surface area contributed by atoms with Crippen LogP contribution >= 0.6 is 27.3 Å². The standard InChI is InChI=1S/C16H20BrNS/c1-4-12-6-8-13(9-7-12)15(18-5-2)16-14(17)10-11(3)19-16/h6-10,15,18H,4-5H2,1-3H3. The molecule has 1 nitrogen and oxygen atoms in total. The normalized spacial score (nSPS) is 12.6. The Hall–Kier alpha value is -0.640. The highest BCUT2D eigenvalue weighted by Gasteiger charge is 2.18. The summed E-state index contributed by atoms with van der Waals surface area (Å²) < 4.78 is 1.21. The fourth-order valence-electron chi connectivity index (χ4n) is 2.21. The molecule has 102 valence electrons. The zero-order chi connectivity index (χ0) is 13.8. The van der Waals surface area contributed by atoms with E-state index in [1.807, 2.05) is 11.3 Å². The first-order valence-corrected chi connectivity index (χ1v) is 8.34. The number of rotatable bonds is 5. The van der Waals surface area contributed by atoms with E-state index in [1.165, 1.54) is 25.4 Å². The summed E-state index contributed by atoms with van der Waals surface area (Å²) in [6, 6.07) is 11.4. The van der Waals surface area contributed by atoms with Crippen LogP contribution in [0.15, 0.2) is 34.8 Å². The largest absolute Gasteiger partial charge is 0.306 e. The van der Waals surface area contributed by atoms with Crippen LogP contribution < -0.4 is 5.32 Å². The Bertz CT molecular complexity index is 530. The molecule has 2 aromatic rings. The molecule has 0 amide bonds. The smallest absolute Gasteiger partial charge is 0.0682 e. The van der Waals surface area contributed by atoms with E-state index in [9.17, 15) is 0 Å². The van der Waals surface area contributed by atoms with E-state index in [0.29, 0.717) is 0 Å². The fraction of sp³-hybridized carbons (Fsp3) is 0.375. The Morgan fingerprint density at radius 3 is 2.37 bits per heavy atom. The average molecular weight is 338 g/mol. The van der Waals surface area contributed by atoms with Crippen LogP contribution in [0.5, 0.6) is 0 Å². The van der Waals surface area contributed by atoms with E-state index >= 15 is 0 Å². The van der Waals surface area contributed by atoms with Crippen LogP contribution in [0, 0.1) is 6.92 Å². The minimum Gasteiger partial charge on any atom is -0.306 e. The molecule has 3 heteroatoms. The maximum Gasteiger partial charge on any atom is 0.0682 e. The fourth-order valence-corrected chi connectivity index (χ4v) is 4.19. The molecule has 1 aromatic heterocycles. The first-order valence-electron chi connectivity index (χ1n) is 6.73. The van der Waals surface area contributed by atoms with Crippen molar-refractivity contribution in [2.45, 2.75) is 33.2 Å². The lowest BCUT2D eigenvalue weighted by atomic mass is 10.0. The summed E-state index contributed by atoms with van der Waals surface area (Å²) in [5, 5.41) is 3.59. The van der Waals surface area contributed by atoms with Crippen molar-refractivity contribution in [2.24, 2.45) is 0 Å². The first kappa shape index (κ1) is 14.8. The van der Waals surface area contributed by atoms with Crippen LogP contribution in [-0.4, -0.2) is 6.54 Å². The van der Waals surface area contributed by atoms with Crippen molar-refractivity contribution in [1.29, 1.82) is 0 Å². The van der Waals surface area contributed by atoms with E-state index in [1.54, 1.807) is 0 Å². The summed E-state index contributed by atoms with van der Waals surface area (Å²) in [5.41, 5.74) is 2.72. The van der Waals surface area contributed by atoms with Crippen LogP contribution in [0.1, 0.15) is 40.8 Å². The van der Waals surface area contributed by atoms with Crippen molar-refractivity contribution in [3.05, 3.63) is 55.7 Å². The molecule has 0 radical (unpaired) electrons. The summed E-state index contributed by atoms with van der Waals surface area (Å²) in [5.74, 6) is 0. The summed E-state index contributed by atoms with van der Waals surface area (Å²) >= 11 is 5.54. The van der Waals surface area contributed by atoms with E-state index < -0.39 is 0 Å². The van der Waals surface area contributed by atoms with Crippen LogP contribution in [-0.2, 0) is 6.42 Å². The van der Waals surface area contributed by atoms with Crippen molar-refractivity contribution in [3.63, 3.8) is 0 Å². The molecule has 1 heterocycles. The minimum atomic E-state index is 0.281. The highest BCUT2D eigenvalue weighted by molar-refractivity contribution is 9.10. The molecule has 0 saturated carbocycles. The van der Waals surface area contributed by atoms with Crippen molar-refractivity contribution < 1.29 is 0 Å². The second-order valence-electron chi connectivity index (χ2n) is 4.66. The Morgan fingerprint density at radius 1 is 1.21 bits per heavy atom. The molecule has 0 bridgehead atoms. The molecule has 19 heavy (non-hydrogen) atoms. The van der Waals surface area contributed by atoms with Crippen molar-refractivity contribution in [3.8, 4) is 0 Å². The zero-order valence-corrected chi connectivity index (χ0v) is 14.1. The van der Waals surface area contributed by atoms with E-state index in [-0.39, 0.29) is 6.04 Å². The third-order valence-electron chi connectivity index (χ3n) is 3.23. The Balaban J connectivity index is 2.36. The van der Waals surface area contributed by atoms with Gasteiger partial charge in [0.1, 0.15) is 0 Å². The van der Waals surface area contributed by atoms with Crippen LogP contribution in [0.2, 0.25) is 0 Å². The Labute approximate surface area is 128 Å². The maximum atomic E-state index is 3.68. The van der Waals surface area contributed by atoms with Gasteiger partial charge in [-0.1, -0.05) is 38.1 Å². The van der Waals surface area contributed by atoms with Gasteiger partial charge in [0.2, 0.25) is 0 Å². The summed E-state index contributed by atoms with van der Waals surface area (Å²) in [6.45, 7) is 7.46. The molecule has 0 aliphatic rings. The van der Waals surface area contributed by atoms with Gasteiger partial charge in [-0.25, -0.2) is 0 Å². The number of nitrogens with one attached hydrogen (secondary N) is 1. The minimum absolute atomic E-state index is 0.281. The van der Waals surface area contributed by atoms with Gasteiger partial charge in [-0.3, -0.25) is 0 Å². The molecular formula is C16H20BrNS. The predicted molar refractivity (Wildman–Crippen MR) is 88.1 cm³/mol. The van der Waals surface area contributed by atoms with Crippen molar-refractivity contribution in [1.82, 2.24) is 5.32 Å². The first-order chi connectivity index (χ1) is 9.15. The molecular weight excluding hydrogens is 318 g/mol. The highest BCUT2D eigenvalue weighted by Crippen LogP contribution is 2.35. The van der Waals surface area contributed by atoms with Crippen LogP contribution in [0.3, 0.4) is 0 Å². The zero-order valence-electron chi connectivity index (χ0n) is 11.7. The Kier molecular flexibility index (Phi) is 5.20. The molecule has 2 rings (SSSR count). The summed E-state index contributed by atoms with van der Waals surface area (Å²) in [7, 11) is 0. The molecule has 0 aliphatic carbocycles. The number of hydrogen-bond acceptors (Lipinski definition) is 2. The number of hydrogen-bond donors (Lipinski definition) is 1. The van der Waals surface area contributed by atoms with Gasteiger partial charge in [-0.2, -0.15) is 0 Å². The summed E-state index contributed by atoms with van der Waals surface area (Å²) in [6.07, 6.45) is 1.09. The second-order valence-corrected chi connectivity index (χ2v) is 6.80. The van der Waals surface area contributed by atoms with Crippen molar-refractivity contribution in [2.75, 3.05) is 6.54 Å². The third-order valence-corrected chi connectivity index (χ3v) is 5.26. The SMILES string of the molecule is CCNC(c1ccc(CC)cc1)c1sc(C)cc1Br. The van der Waals surface area contributed by atoms with E-state index in [0.717, 1.165) is 13.0 Å². The number of thiophene rings is 1. The Morgan fingerprint density at radius 2 is 1.89 bits per heavy atom. The number of aryl methyl sites for hydroxylation is 2. The van der Waals surface area contributed by atoms with Gasteiger partial charge >= 0.3 is 0 Å². The van der Waals surface area contributed by atoms with Gasteiger partial charge in [-0.05, 0) is 53.0 Å². The maximum absolute atomic E-state index is 3.68. The van der Waals surface area contributed by atoms with Crippen LogP contribution in [0.4, 0.5) is 0 Å². The molecule has 1 unspecified atom stereocenters. The van der Waals surface area contributed by atoms with Gasteiger partial charge in [0.15, 0.2) is 0 Å². The second kappa shape index (κ2) is 6.69. The molecule has 1 atom stereocenters. The third kappa shape index (κ3) is 3.47. The van der Waals surface area contributed by atoms with Gasteiger partial charge in [0.05, 0.1) is 6.04 Å². The lowest BCUT2D eigenvalue weighted by Gasteiger charge is -2.18. The number of halogens is 1.